The van der Waals surface area contributed by atoms with Crippen molar-refractivity contribution in [2.45, 2.75) is 65.3 Å². The lowest BCUT2D eigenvalue weighted by Crippen LogP contribution is -2.28. The lowest BCUT2D eigenvalue weighted by molar-refractivity contribution is -0.275. The fourth-order valence-electron chi connectivity index (χ4n) is 1.91. The molecule has 0 N–H and O–H groups in total. The van der Waals surface area contributed by atoms with Crippen molar-refractivity contribution in [3.05, 3.63) is 35.1 Å². The minimum atomic E-state index is -1.16. The summed E-state index contributed by atoms with van der Waals surface area (Å²) in [5.41, 5.74) is 0.186. The van der Waals surface area contributed by atoms with E-state index in [-0.39, 0.29) is 17.8 Å². The Balaban J connectivity index is 2.34. The summed E-state index contributed by atoms with van der Waals surface area (Å²) in [6, 6.07) is 2.26. The fraction of sp³-hybridized carbons (Fsp3) is 0.625. The summed E-state index contributed by atoms with van der Waals surface area (Å²) in [5, 5.41) is 0. The van der Waals surface area contributed by atoms with Crippen molar-refractivity contribution in [2.24, 2.45) is 0 Å². The molecule has 0 fully saturated rings. The highest BCUT2D eigenvalue weighted by atomic mass is 28.2. The second-order valence-electron chi connectivity index (χ2n) is 5.84. The Morgan fingerprint density at radius 1 is 0.913 bits per heavy atom. The van der Waals surface area contributed by atoms with Crippen LogP contribution in [0.4, 0.5) is 13.2 Å². The fourth-order valence-corrected chi connectivity index (χ4v) is 2.88. The van der Waals surface area contributed by atoms with Crippen molar-refractivity contribution in [1.82, 2.24) is 0 Å². The van der Waals surface area contributed by atoms with Crippen LogP contribution in [0.3, 0.4) is 0 Å². The Hall–Kier alpha value is -0.893. The Labute approximate surface area is 138 Å². The molecule has 0 aliphatic heterocycles. The quantitative estimate of drug-likeness (QED) is 0.279. The first-order valence-electron chi connectivity index (χ1n) is 7.85. The molecule has 1 aromatic rings. The number of rotatable bonds is 10. The van der Waals surface area contributed by atoms with Gasteiger partial charge in [0.05, 0.1) is 12.2 Å². The third-order valence-electron chi connectivity index (χ3n) is 2.95. The Morgan fingerprint density at radius 3 is 2.04 bits per heavy atom. The van der Waals surface area contributed by atoms with E-state index in [4.69, 9.17) is 13.9 Å². The predicted molar refractivity (Wildman–Crippen MR) is 85.3 cm³/mol. The van der Waals surface area contributed by atoms with Gasteiger partial charge in [-0.25, -0.2) is 13.2 Å². The standard InChI is InChI=1S/C16H25F3O3Si/c1-10(2)20-16(21-11(3)4)22-23-7-5-6-12-8-14(18)15(19)9-13(12)17/h8-11,16H,5-7,23H2,1-4H3. The highest BCUT2D eigenvalue weighted by Gasteiger charge is 2.14. The van der Waals surface area contributed by atoms with E-state index in [1.54, 1.807) is 0 Å². The molecule has 0 saturated heterocycles. The molecule has 0 aromatic heterocycles. The Kier molecular flexibility index (Phi) is 8.83. The van der Waals surface area contributed by atoms with Crippen molar-refractivity contribution >= 4 is 9.76 Å². The average Bonchev–Trinajstić information content (AvgIpc) is 2.42. The molecule has 0 unspecified atom stereocenters. The van der Waals surface area contributed by atoms with E-state index in [0.29, 0.717) is 18.9 Å². The molecule has 0 radical (unpaired) electrons. The van der Waals surface area contributed by atoms with E-state index >= 15 is 0 Å². The van der Waals surface area contributed by atoms with E-state index in [2.05, 4.69) is 0 Å². The van der Waals surface area contributed by atoms with Crippen molar-refractivity contribution in [3.8, 4) is 0 Å². The van der Waals surface area contributed by atoms with E-state index in [1.807, 2.05) is 27.7 Å². The molecular weight excluding hydrogens is 325 g/mol. The van der Waals surface area contributed by atoms with Crippen LogP contribution in [-0.4, -0.2) is 28.4 Å². The maximum Gasteiger partial charge on any atom is 0.262 e. The number of hydrogen-bond acceptors (Lipinski definition) is 3. The topological polar surface area (TPSA) is 27.7 Å². The molecule has 0 amide bonds. The Morgan fingerprint density at radius 2 is 1.48 bits per heavy atom. The maximum absolute atomic E-state index is 13.5. The van der Waals surface area contributed by atoms with Gasteiger partial charge >= 0.3 is 0 Å². The largest absolute Gasteiger partial charge is 0.379 e. The number of aryl methyl sites for hydroxylation is 1. The van der Waals surface area contributed by atoms with Gasteiger partial charge in [-0.2, -0.15) is 0 Å². The SMILES string of the molecule is CC(C)OC(O[SiH2]CCCc1cc(F)c(F)cc1F)OC(C)C. The van der Waals surface area contributed by atoms with E-state index in [9.17, 15) is 13.2 Å². The monoisotopic (exact) mass is 350 g/mol. The minimum Gasteiger partial charge on any atom is -0.379 e. The van der Waals surface area contributed by atoms with Gasteiger partial charge in [-0.1, -0.05) is 0 Å². The molecule has 1 aromatic carbocycles. The summed E-state index contributed by atoms with van der Waals surface area (Å²) in [5.74, 6) is -2.90. The molecule has 0 atom stereocenters. The van der Waals surface area contributed by atoms with Gasteiger partial charge < -0.3 is 13.9 Å². The van der Waals surface area contributed by atoms with Gasteiger partial charge in [-0.3, -0.25) is 0 Å². The molecule has 0 aliphatic carbocycles. The second kappa shape index (κ2) is 10.1. The van der Waals surface area contributed by atoms with Crippen LogP contribution in [0.25, 0.3) is 0 Å². The zero-order chi connectivity index (χ0) is 17.4. The third-order valence-corrected chi connectivity index (χ3v) is 4.25. The number of benzene rings is 1. The van der Waals surface area contributed by atoms with Crippen molar-refractivity contribution in [3.63, 3.8) is 0 Å². The van der Waals surface area contributed by atoms with Crippen molar-refractivity contribution < 1.29 is 27.1 Å². The minimum absolute atomic E-state index is 0.0102. The first kappa shape index (κ1) is 20.2. The van der Waals surface area contributed by atoms with Crippen LogP contribution in [0, 0.1) is 17.5 Å². The van der Waals surface area contributed by atoms with E-state index in [1.165, 1.54) is 0 Å². The molecule has 3 nitrogen and oxygen atoms in total. The summed E-state index contributed by atoms with van der Waals surface area (Å²) >= 11 is 0. The van der Waals surface area contributed by atoms with Crippen molar-refractivity contribution in [1.29, 1.82) is 0 Å². The van der Waals surface area contributed by atoms with Gasteiger partial charge in [-0.05, 0) is 58.2 Å². The highest BCUT2D eigenvalue weighted by Crippen LogP contribution is 2.16. The van der Waals surface area contributed by atoms with Crippen molar-refractivity contribution in [2.75, 3.05) is 0 Å². The van der Waals surface area contributed by atoms with Crippen LogP contribution in [0.5, 0.6) is 0 Å². The first-order chi connectivity index (χ1) is 10.8. The summed E-state index contributed by atoms with van der Waals surface area (Å²) in [7, 11) is -0.908. The summed E-state index contributed by atoms with van der Waals surface area (Å²) in [4.78, 5) is 0. The van der Waals surface area contributed by atoms with Gasteiger partial charge in [0.15, 0.2) is 21.4 Å². The predicted octanol–water partition coefficient (Wildman–Crippen LogP) is 3.69. The van der Waals surface area contributed by atoms with Crippen LogP contribution >= 0.6 is 0 Å². The summed E-state index contributed by atoms with van der Waals surface area (Å²) in [6.07, 6.45) is 0.970. The molecule has 132 valence electrons. The molecule has 7 heteroatoms. The molecule has 0 bridgehead atoms. The van der Waals surface area contributed by atoms with Crippen LogP contribution in [0.15, 0.2) is 12.1 Å². The van der Waals surface area contributed by atoms with Crippen LogP contribution in [0.1, 0.15) is 39.7 Å². The van der Waals surface area contributed by atoms with Gasteiger partial charge in [0.25, 0.3) is 6.48 Å². The average molecular weight is 350 g/mol. The highest BCUT2D eigenvalue weighted by molar-refractivity contribution is 6.27. The van der Waals surface area contributed by atoms with E-state index in [0.717, 1.165) is 12.1 Å². The van der Waals surface area contributed by atoms with Crippen LogP contribution in [-0.2, 0) is 20.3 Å². The molecule has 1 rings (SSSR count). The molecule has 0 spiro atoms. The van der Waals surface area contributed by atoms with Gasteiger partial charge in [0.2, 0.25) is 0 Å². The number of halogens is 3. The zero-order valence-electron chi connectivity index (χ0n) is 14.1. The normalized spacial score (nSPS) is 12.4. The lowest BCUT2D eigenvalue weighted by Gasteiger charge is -2.23. The molecular formula is C16H25F3O3Si. The lowest BCUT2D eigenvalue weighted by atomic mass is 10.1. The van der Waals surface area contributed by atoms with Gasteiger partial charge in [-0.15, -0.1) is 0 Å². The maximum atomic E-state index is 13.5. The first-order valence-corrected chi connectivity index (χ1v) is 9.43. The Bertz CT molecular complexity index is 474. The molecule has 0 heterocycles. The number of ether oxygens (including phenoxy) is 2. The number of hydrogen-bond donors (Lipinski definition) is 0. The van der Waals surface area contributed by atoms with Crippen LogP contribution < -0.4 is 0 Å². The molecule has 0 saturated carbocycles. The second-order valence-corrected chi connectivity index (χ2v) is 7.29. The van der Waals surface area contributed by atoms with Gasteiger partial charge in [0, 0.05) is 6.07 Å². The summed E-state index contributed by atoms with van der Waals surface area (Å²) < 4.78 is 56.1. The molecule has 23 heavy (non-hydrogen) atoms. The van der Waals surface area contributed by atoms with E-state index < -0.39 is 33.7 Å². The molecule has 0 aliphatic rings. The summed E-state index contributed by atoms with van der Waals surface area (Å²) in [6.45, 7) is 6.91. The van der Waals surface area contributed by atoms with Crippen LogP contribution in [0.2, 0.25) is 6.04 Å². The van der Waals surface area contributed by atoms with Gasteiger partial charge in [0.1, 0.15) is 5.82 Å². The zero-order valence-corrected chi connectivity index (χ0v) is 15.5. The smallest absolute Gasteiger partial charge is 0.262 e. The third kappa shape index (κ3) is 7.96.